The van der Waals surface area contributed by atoms with Crippen molar-refractivity contribution in [2.45, 2.75) is 19.1 Å². The minimum Gasteiger partial charge on any atom is -0.497 e. The van der Waals surface area contributed by atoms with Crippen molar-refractivity contribution in [3.63, 3.8) is 0 Å². The first-order valence-corrected chi connectivity index (χ1v) is 6.82. The minimum atomic E-state index is -0.602. The summed E-state index contributed by atoms with van der Waals surface area (Å²) in [5.74, 6) is 0.807. The van der Waals surface area contributed by atoms with Gasteiger partial charge in [0, 0.05) is 10.7 Å². The predicted molar refractivity (Wildman–Crippen MR) is 82.5 cm³/mol. The molecule has 4 heteroatoms. The van der Waals surface area contributed by atoms with Crippen molar-refractivity contribution >= 4 is 17.3 Å². The summed E-state index contributed by atoms with van der Waals surface area (Å²) in [6.45, 7) is 1.93. The van der Waals surface area contributed by atoms with Gasteiger partial charge >= 0.3 is 0 Å². The molecule has 3 nitrogen and oxygen atoms in total. The summed E-state index contributed by atoms with van der Waals surface area (Å²) in [4.78, 5) is 0. The zero-order chi connectivity index (χ0) is 14.5. The summed E-state index contributed by atoms with van der Waals surface area (Å²) in [5.41, 5.74) is 1.77. The summed E-state index contributed by atoms with van der Waals surface area (Å²) in [6.07, 6.45) is -0.602. The van der Waals surface area contributed by atoms with Crippen LogP contribution in [0.3, 0.4) is 0 Å². The number of aliphatic hydroxyl groups excluding tert-OH is 1. The average Bonchev–Trinajstić information content (AvgIpc) is 2.48. The third-order valence-electron chi connectivity index (χ3n) is 3.17. The highest BCUT2D eigenvalue weighted by molar-refractivity contribution is 6.30. The molecule has 0 radical (unpaired) electrons. The molecule has 0 aliphatic carbocycles. The van der Waals surface area contributed by atoms with Crippen molar-refractivity contribution in [3.8, 4) is 5.75 Å². The van der Waals surface area contributed by atoms with E-state index in [1.54, 1.807) is 19.2 Å². The zero-order valence-electron chi connectivity index (χ0n) is 11.5. The van der Waals surface area contributed by atoms with Crippen molar-refractivity contribution in [2.24, 2.45) is 0 Å². The van der Waals surface area contributed by atoms with E-state index in [9.17, 15) is 5.11 Å². The maximum atomic E-state index is 10.3. The molecule has 2 unspecified atom stereocenters. The number of anilines is 1. The molecular weight excluding hydrogens is 274 g/mol. The van der Waals surface area contributed by atoms with Gasteiger partial charge in [-0.3, -0.25) is 0 Å². The fraction of sp³-hybridized carbons (Fsp3) is 0.250. The fourth-order valence-corrected chi connectivity index (χ4v) is 2.10. The Bertz CT molecular complexity index is 539. The van der Waals surface area contributed by atoms with Crippen LogP contribution in [0.4, 0.5) is 5.69 Å². The lowest BCUT2D eigenvalue weighted by molar-refractivity contribution is 0.161. The molecule has 0 spiro atoms. The minimum absolute atomic E-state index is 0.121. The molecule has 0 saturated carbocycles. The first-order valence-electron chi connectivity index (χ1n) is 6.44. The van der Waals surface area contributed by atoms with E-state index in [0.717, 1.165) is 17.0 Å². The molecule has 0 saturated heterocycles. The smallest absolute Gasteiger partial charge is 0.119 e. The quantitative estimate of drug-likeness (QED) is 0.878. The second kappa shape index (κ2) is 6.64. The average molecular weight is 292 g/mol. The molecule has 0 fully saturated rings. The van der Waals surface area contributed by atoms with Crippen LogP contribution in [0, 0.1) is 0 Å². The van der Waals surface area contributed by atoms with Gasteiger partial charge in [-0.05, 0) is 48.9 Å². The van der Waals surface area contributed by atoms with E-state index < -0.39 is 6.10 Å². The van der Waals surface area contributed by atoms with Gasteiger partial charge in [-0.25, -0.2) is 0 Å². The Morgan fingerprint density at radius 1 is 1.05 bits per heavy atom. The molecule has 2 aromatic carbocycles. The SMILES string of the molecule is COc1ccc(NC(C)C(O)c2ccc(Cl)cc2)cc1. The van der Waals surface area contributed by atoms with E-state index in [0.29, 0.717) is 5.02 Å². The molecular formula is C16H18ClNO2. The molecule has 0 amide bonds. The van der Waals surface area contributed by atoms with E-state index in [1.807, 2.05) is 43.3 Å². The Kier molecular flexibility index (Phi) is 4.88. The van der Waals surface area contributed by atoms with Gasteiger partial charge in [0.25, 0.3) is 0 Å². The number of benzene rings is 2. The molecule has 0 heterocycles. The Labute approximate surface area is 124 Å². The molecule has 0 aliphatic heterocycles. The van der Waals surface area contributed by atoms with Crippen LogP contribution in [0.5, 0.6) is 5.75 Å². The standard InChI is InChI=1S/C16H18ClNO2/c1-11(16(19)12-3-5-13(17)6-4-12)18-14-7-9-15(20-2)10-8-14/h3-11,16,18-19H,1-2H3. The van der Waals surface area contributed by atoms with Crippen LogP contribution in [0.1, 0.15) is 18.6 Å². The lowest BCUT2D eigenvalue weighted by Crippen LogP contribution is -2.23. The number of ether oxygens (including phenoxy) is 1. The molecule has 0 aliphatic rings. The number of rotatable bonds is 5. The lowest BCUT2D eigenvalue weighted by atomic mass is 10.0. The van der Waals surface area contributed by atoms with Crippen LogP contribution in [0.25, 0.3) is 0 Å². The van der Waals surface area contributed by atoms with Gasteiger partial charge in [-0.2, -0.15) is 0 Å². The Morgan fingerprint density at radius 2 is 1.65 bits per heavy atom. The maximum absolute atomic E-state index is 10.3. The first kappa shape index (κ1) is 14.7. The van der Waals surface area contributed by atoms with Crippen LogP contribution in [0.15, 0.2) is 48.5 Å². The summed E-state index contributed by atoms with van der Waals surface area (Å²) in [6, 6.07) is 14.7. The number of nitrogens with one attached hydrogen (secondary N) is 1. The lowest BCUT2D eigenvalue weighted by Gasteiger charge is -2.22. The van der Waals surface area contributed by atoms with Crippen LogP contribution in [-0.2, 0) is 0 Å². The normalized spacial score (nSPS) is 13.6. The van der Waals surface area contributed by atoms with Crippen LogP contribution < -0.4 is 10.1 Å². The van der Waals surface area contributed by atoms with E-state index in [1.165, 1.54) is 0 Å². The molecule has 0 aromatic heterocycles. The summed E-state index contributed by atoms with van der Waals surface area (Å²) < 4.78 is 5.11. The van der Waals surface area contributed by atoms with E-state index in [-0.39, 0.29) is 6.04 Å². The number of halogens is 1. The van der Waals surface area contributed by atoms with Gasteiger partial charge < -0.3 is 15.2 Å². The number of hydrogen-bond acceptors (Lipinski definition) is 3. The van der Waals surface area contributed by atoms with E-state index >= 15 is 0 Å². The van der Waals surface area contributed by atoms with Crippen molar-refractivity contribution in [1.82, 2.24) is 0 Å². The fourth-order valence-electron chi connectivity index (χ4n) is 1.98. The van der Waals surface area contributed by atoms with Crippen LogP contribution in [0.2, 0.25) is 5.02 Å². The molecule has 20 heavy (non-hydrogen) atoms. The number of aliphatic hydroxyl groups is 1. The molecule has 2 atom stereocenters. The zero-order valence-corrected chi connectivity index (χ0v) is 12.3. The third-order valence-corrected chi connectivity index (χ3v) is 3.42. The van der Waals surface area contributed by atoms with E-state index in [2.05, 4.69) is 5.32 Å². The van der Waals surface area contributed by atoms with Crippen LogP contribution in [-0.4, -0.2) is 18.3 Å². The van der Waals surface area contributed by atoms with Gasteiger partial charge in [0.15, 0.2) is 0 Å². The number of hydrogen-bond donors (Lipinski definition) is 2. The summed E-state index contributed by atoms with van der Waals surface area (Å²) in [7, 11) is 1.63. The highest BCUT2D eigenvalue weighted by atomic mass is 35.5. The summed E-state index contributed by atoms with van der Waals surface area (Å²) in [5, 5.41) is 14.2. The third kappa shape index (κ3) is 3.65. The van der Waals surface area contributed by atoms with Gasteiger partial charge in [0.05, 0.1) is 19.3 Å². The van der Waals surface area contributed by atoms with Gasteiger partial charge in [-0.15, -0.1) is 0 Å². The topological polar surface area (TPSA) is 41.5 Å². The number of methoxy groups -OCH3 is 1. The Balaban J connectivity index is 2.02. The van der Waals surface area contributed by atoms with Crippen molar-refractivity contribution in [1.29, 1.82) is 0 Å². The van der Waals surface area contributed by atoms with Gasteiger partial charge in [0.2, 0.25) is 0 Å². The second-order valence-corrected chi connectivity index (χ2v) is 5.09. The highest BCUT2D eigenvalue weighted by Crippen LogP contribution is 2.23. The molecule has 2 aromatic rings. The Morgan fingerprint density at radius 3 is 2.20 bits per heavy atom. The monoisotopic (exact) mass is 291 g/mol. The van der Waals surface area contributed by atoms with Crippen molar-refractivity contribution < 1.29 is 9.84 Å². The summed E-state index contributed by atoms with van der Waals surface area (Å²) >= 11 is 5.85. The Hall–Kier alpha value is -1.71. The highest BCUT2D eigenvalue weighted by Gasteiger charge is 2.16. The molecule has 2 N–H and O–H groups in total. The van der Waals surface area contributed by atoms with E-state index in [4.69, 9.17) is 16.3 Å². The predicted octanol–water partition coefficient (Wildman–Crippen LogP) is 3.88. The first-order chi connectivity index (χ1) is 9.60. The van der Waals surface area contributed by atoms with Gasteiger partial charge in [-0.1, -0.05) is 23.7 Å². The largest absolute Gasteiger partial charge is 0.497 e. The van der Waals surface area contributed by atoms with Crippen molar-refractivity contribution in [2.75, 3.05) is 12.4 Å². The van der Waals surface area contributed by atoms with Gasteiger partial charge in [0.1, 0.15) is 5.75 Å². The molecule has 106 valence electrons. The second-order valence-electron chi connectivity index (χ2n) is 4.66. The van der Waals surface area contributed by atoms with Crippen LogP contribution >= 0.6 is 11.6 Å². The molecule has 2 rings (SSSR count). The maximum Gasteiger partial charge on any atom is 0.119 e. The molecule has 0 bridgehead atoms. The van der Waals surface area contributed by atoms with Crippen molar-refractivity contribution in [3.05, 3.63) is 59.1 Å².